The Hall–Kier alpha value is -2.26. The molecule has 2 radical (unpaired) electrons. The summed E-state index contributed by atoms with van der Waals surface area (Å²) < 4.78 is 71.4. The zero-order chi connectivity index (χ0) is 25.8. The van der Waals surface area contributed by atoms with Crippen molar-refractivity contribution in [2.24, 2.45) is 5.41 Å². The molecule has 1 unspecified atom stereocenters. The van der Waals surface area contributed by atoms with Crippen LogP contribution in [0.15, 0.2) is 48.7 Å². The molecular formula is C26H30BF3N2O2S. The lowest BCUT2D eigenvalue weighted by atomic mass is 9.75. The maximum Gasteiger partial charge on any atom is 0.417 e. The fourth-order valence-corrected chi connectivity index (χ4v) is 6.43. The third kappa shape index (κ3) is 5.31. The second-order valence-electron chi connectivity index (χ2n) is 10.9. The molecule has 1 aliphatic rings. The van der Waals surface area contributed by atoms with Crippen LogP contribution in [0.25, 0.3) is 22.0 Å². The fraction of sp³-hybridized carbons (Fsp3) is 0.462. The number of benzene rings is 2. The molecule has 1 atom stereocenters. The zero-order valence-electron chi connectivity index (χ0n) is 20.4. The number of hydrogen-bond acceptors (Lipinski definition) is 2. The lowest BCUT2D eigenvalue weighted by Crippen LogP contribution is -2.49. The summed E-state index contributed by atoms with van der Waals surface area (Å²) in [6.07, 6.45) is -0.573. The van der Waals surface area contributed by atoms with Crippen LogP contribution in [0.5, 0.6) is 0 Å². The Morgan fingerprint density at radius 3 is 2.26 bits per heavy atom. The van der Waals surface area contributed by atoms with Crippen LogP contribution >= 0.6 is 0 Å². The maximum absolute atomic E-state index is 13.7. The van der Waals surface area contributed by atoms with Gasteiger partial charge in [-0.15, -0.1) is 0 Å². The number of aromatic nitrogens is 1. The molecule has 2 aromatic carbocycles. The fourth-order valence-electron chi connectivity index (χ4n) is 4.61. The molecular weight excluding hydrogens is 472 g/mol. The van der Waals surface area contributed by atoms with Crippen molar-refractivity contribution in [3.63, 3.8) is 0 Å². The van der Waals surface area contributed by atoms with Crippen molar-refractivity contribution < 1.29 is 21.6 Å². The molecule has 1 aliphatic carbocycles. The first-order valence-corrected chi connectivity index (χ1v) is 13.2. The Bertz CT molecular complexity index is 1350. The van der Waals surface area contributed by atoms with E-state index in [1.54, 1.807) is 31.2 Å². The van der Waals surface area contributed by atoms with Crippen molar-refractivity contribution in [2.75, 3.05) is 0 Å². The van der Waals surface area contributed by atoms with Gasteiger partial charge in [0.25, 0.3) is 0 Å². The first-order valence-electron chi connectivity index (χ1n) is 11.7. The number of nitrogens with zero attached hydrogens (tertiary/aromatic N) is 1. The minimum Gasteiger partial charge on any atom is -0.347 e. The van der Waals surface area contributed by atoms with Gasteiger partial charge in [0.15, 0.2) is 0 Å². The summed E-state index contributed by atoms with van der Waals surface area (Å²) in [4.78, 5) is 0. The van der Waals surface area contributed by atoms with E-state index < -0.39 is 32.5 Å². The van der Waals surface area contributed by atoms with Gasteiger partial charge in [0.05, 0.1) is 10.8 Å². The van der Waals surface area contributed by atoms with Crippen LogP contribution in [-0.4, -0.2) is 26.1 Å². The van der Waals surface area contributed by atoms with E-state index in [9.17, 15) is 21.6 Å². The molecule has 1 aromatic heterocycles. The molecule has 4 rings (SSSR count). The summed E-state index contributed by atoms with van der Waals surface area (Å²) in [5, 5.41) is 0.252. The number of nitrogens with one attached hydrogen (secondary N) is 1. The lowest BCUT2D eigenvalue weighted by Gasteiger charge is -2.32. The molecule has 35 heavy (non-hydrogen) atoms. The summed E-state index contributed by atoms with van der Waals surface area (Å²) in [5.74, 6) is 0. The van der Waals surface area contributed by atoms with E-state index >= 15 is 0 Å². The van der Waals surface area contributed by atoms with Gasteiger partial charge in [-0.25, -0.2) is 13.1 Å². The molecule has 9 heteroatoms. The molecule has 1 N–H and O–H groups in total. The Balaban J connectivity index is 1.86. The molecule has 0 aliphatic heterocycles. The maximum atomic E-state index is 13.7. The van der Waals surface area contributed by atoms with E-state index in [2.05, 4.69) is 25.5 Å². The lowest BCUT2D eigenvalue weighted by molar-refractivity contribution is -0.137. The summed E-state index contributed by atoms with van der Waals surface area (Å²) in [6.45, 7) is 8.36. The molecule has 1 fully saturated rings. The Kier molecular flexibility index (Phi) is 6.42. The molecule has 0 saturated heterocycles. The van der Waals surface area contributed by atoms with Crippen LogP contribution in [0.3, 0.4) is 0 Å². The number of hydrogen-bond donors (Lipinski definition) is 1. The van der Waals surface area contributed by atoms with Crippen LogP contribution < -0.4 is 4.72 Å². The van der Waals surface area contributed by atoms with Crippen LogP contribution in [0, 0.1) is 5.41 Å². The average Bonchev–Trinajstić information content (AvgIpc) is 3.02. The SMILES string of the molecule is [B]C(C)(NS(=O)(=O)C1CCC1)c1cn(CC(C)(C)C)c2cc(-c3ccccc3C(F)(F)F)ccc12. The highest BCUT2D eigenvalue weighted by molar-refractivity contribution is 7.90. The van der Waals surface area contributed by atoms with E-state index in [1.807, 2.05) is 10.8 Å². The van der Waals surface area contributed by atoms with Gasteiger partial charge in [0.2, 0.25) is 10.0 Å². The smallest absolute Gasteiger partial charge is 0.347 e. The summed E-state index contributed by atoms with van der Waals surface area (Å²) in [6, 6.07) is 10.6. The highest BCUT2D eigenvalue weighted by atomic mass is 32.2. The van der Waals surface area contributed by atoms with Gasteiger partial charge >= 0.3 is 6.18 Å². The molecule has 0 amide bonds. The summed E-state index contributed by atoms with van der Waals surface area (Å²) in [7, 11) is 2.96. The molecule has 0 spiro atoms. The molecule has 1 saturated carbocycles. The van der Waals surface area contributed by atoms with E-state index in [0.29, 0.717) is 41.4 Å². The van der Waals surface area contributed by atoms with Gasteiger partial charge < -0.3 is 4.57 Å². The third-order valence-corrected chi connectivity index (χ3v) is 8.53. The van der Waals surface area contributed by atoms with Gasteiger partial charge in [-0.3, -0.25) is 0 Å². The minimum absolute atomic E-state index is 0.0909. The largest absolute Gasteiger partial charge is 0.417 e. The van der Waals surface area contributed by atoms with Crippen molar-refractivity contribution >= 4 is 28.8 Å². The minimum atomic E-state index is -4.49. The van der Waals surface area contributed by atoms with Gasteiger partial charge in [-0.05, 0) is 47.1 Å². The van der Waals surface area contributed by atoms with Gasteiger partial charge in [0.1, 0.15) is 7.85 Å². The van der Waals surface area contributed by atoms with E-state index in [4.69, 9.17) is 7.85 Å². The van der Waals surface area contributed by atoms with Crippen molar-refractivity contribution in [1.29, 1.82) is 0 Å². The molecule has 0 bridgehead atoms. The highest BCUT2D eigenvalue weighted by Gasteiger charge is 2.37. The Morgan fingerprint density at radius 1 is 1.03 bits per heavy atom. The number of alkyl halides is 3. The first kappa shape index (κ1) is 25.8. The number of rotatable bonds is 6. The third-order valence-electron chi connectivity index (χ3n) is 6.48. The second-order valence-corrected chi connectivity index (χ2v) is 12.9. The van der Waals surface area contributed by atoms with E-state index in [0.717, 1.165) is 12.5 Å². The normalized spacial score (nSPS) is 17.3. The highest BCUT2D eigenvalue weighted by Crippen LogP contribution is 2.40. The van der Waals surface area contributed by atoms with Crippen LogP contribution in [0.4, 0.5) is 13.2 Å². The predicted molar refractivity (Wildman–Crippen MR) is 135 cm³/mol. The van der Waals surface area contributed by atoms with Gasteiger partial charge in [-0.2, -0.15) is 13.2 Å². The van der Waals surface area contributed by atoms with Crippen molar-refractivity contribution in [3.8, 4) is 11.1 Å². The van der Waals surface area contributed by atoms with Crippen molar-refractivity contribution in [3.05, 3.63) is 59.8 Å². The average molecular weight is 502 g/mol. The summed E-state index contributed by atoms with van der Waals surface area (Å²) in [5.41, 5.74) is -0.433. The molecule has 3 aromatic rings. The Labute approximate surface area is 206 Å². The molecule has 4 nitrogen and oxygen atoms in total. The van der Waals surface area contributed by atoms with Crippen molar-refractivity contribution in [1.82, 2.24) is 9.29 Å². The number of sulfonamides is 1. The number of fused-ring (bicyclic) bond motifs is 1. The quantitative estimate of drug-likeness (QED) is 0.409. The Morgan fingerprint density at radius 2 is 1.69 bits per heavy atom. The monoisotopic (exact) mass is 502 g/mol. The zero-order valence-corrected chi connectivity index (χ0v) is 21.2. The predicted octanol–water partition coefficient (Wildman–Crippen LogP) is 6.19. The molecule has 1 heterocycles. The van der Waals surface area contributed by atoms with E-state index in [1.165, 1.54) is 12.1 Å². The van der Waals surface area contributed by atoms with Crippen LogP contribution in [0.2, 0.25) is 0 Å². The van der Waals surface area contributed by atoms with Crippen LogP contribution in [-0.2, 0) is 28.2 Å². The standard InChI is InChI=1S/C26H30BF3N2O2S/c1-24(2,3)16-32-15-22(25(4,27)31-35(33,34)18-8-7-9-18)20-13-12-17(14-23(20)32)19-10-5-6-11-21(19)26(28,29)30/h5-6,10-15,18,31H,7-9,16H2,1-4H3. The number of halogens is 3. The summed E-state index contributed by atoms with van der Waals surface area (Å²) >= 11 is 0. The van der Waals surface area contributed by atoms with Crippen molar-refractivity contribution in [2.45, 2.75) is 70.4 Å². The first-order chi connectivity index (χ1) is 16.1. The topological polar surface area (TPSA) is 51.1 Å². The van der Waals surface area contributed by atoms with Gasteiger partial charge in [0, 0.05) is 29.1 Å². The van der Waals surface area contributed by atoms with Gasteiger partial charge in [-0.1, -0.05) is 64.4 Å². The van der Waals surface area contributed by atoms with Crippen LogP contribution in [0.1, 0.15) is 58.1 Å². The van der Waals surface area contributed by atoms with E-state index in [-0.39, 0.29) is 11.0 Å². The molecule has 186 valence electrons. The second kappa shape index (κ2) is 8.70.